The number of carbonyl (C=O) groups excluding carboxylic acids is 2. The van der Waals surface area contributed by atoms with Gasteiger partial charge in [-0.2, -0.15) is 0 Å². The fourth-order valence-electron chi connectivity index (χ4n) is 3.74. The number of nitro groups is 1. The fourth-order valence-corrected chi connectivity index (χ4v) is 3.74. The minimum atomic E-state index is -0.777. The van der Waals surface area contributed by atoms with Gasteiger partial charge in [-0.3, -0.25) is 19.7 Å². The molecule has 0 heterocycles. The third-order valence-electron chi connectivity index (χ3n) is 5.70. The molecule has 0 spiro atoms. The number of nitrogens with zero attached hydrogens (tertiary/aromatic N) is 2. The Labute approximate surface area is 209 Å². The van der Waals surface area contributed by atoms with Crippen molar-refractivity contribution in [3.63, 3.8) is 0 Å². The minimum Gasteiger partial charge on any atom is -0.490 e. The molecule has 0 saturated carbocycles. The Morgan fingerprint density at radius 2 is 1.72 bits per heavy atom. The van der Waals surface area contributed by atoms with Crippen LogP contribution in [0.15, 0.2) is 72.8 Å². The quantitative estimate of drug-likeness (QED) is 0.324. The summed E-state index contributed by atoms with van der Waals surface area (Å²) in [4.78, 5) is 38.5. The number of ether oxygens (including phenoxy) is 2. The molecule has 0 aliphatic carbocycles. The largest absolute Gasteiger partial charge is 0.490 e. The number of nitrogens with one attached hydrogen (secondary N) is 1. The fraction of sp³-hybridized carbons (Fsp3) is 0.259. The Balaban J connectivity index is 1.87. The van der Waals surface area contributed by atoms with Gasteiger partial charge in [-0.05, 0) is 24.1 Å². The summed E-state index contributed by atoms with van der Waals surface area (Å²) >= 11 is 0. The van der Waals surface area contributed by atoms with Crippen LogP contribution in [0.1, 0.15) is 16.7 Å². The van der Waals surface area contributed by atoms with Crippen LogP contribution in [0.5, 0.6) is 11.5 Å². The Hall–Kier alpha value is -4.40. The summed E-state index contributed by atoms with van der Waals surface area (Å²) in [5.74, 6) is -0.442. The predicted molar refractivity (Wildman–Crippen MR) is 135 cm³/mol. The van der Waals surface area contributed by atoms with Gasteiger partial charge in [0.2, 0.25) is 11.7 Å². The van der Waals surface area contributed by atoms with Crippen LogP contribution in [0.3, 0.4) is 0 Å². The molecule has 0 fully saturated rings. The highest BCUT2D eigenvalue weighted by Gasteiger charge is 2.30. The minimum absolute atomic E-state index is 0.0220. The normalized spacial score (nSPS) is 11.3. The Bertz CT molecular complexity index is 1200. The molecular formula is C27H29N3O6. The first kappa shape index (κ1) is 26.2. The lowest BCUT2D eigenvalue weighted by atomic mass is 10.0. The van der Waals surface area contributed by atoms with Gasteiger partial charge in [0.25, 0.3) is 5.91 Å². The van der Waals surface area contributed by atoms with Crippen LogP contribution in [0, 0.1) is 17.0 Å². The highest BCUT2D eigenvalue weighted by molar-refractivity contribution is 5.88. The molecule has 3 aromatic carbocycles. The van der Waals surface area contributed by atoms with Crippen molar-refractivity contribution in [1.82, 2.24) is 10.2 Å². The molecule has 36 heavy (non-hydrogen) atoms. The first-order chi connectivity index (χ1) is 17.3. The van der Waals surface area contributed by atoms with Gasteiger partial charge in [-0.15, -0.1) is 0 Å². The molecule has 3 rings (SSSR count). The molecule has 188 valence electrons. The molecule has 3 aromatic rings. The van der Waals surface area contributed by atoms with Crippen molar-refractivity contribution in [1.29, 1.82) is 0 Å². The van der Waals surface area contributed by atoms with Gasteiger partial charge in [0.05, 0.1) is 12.0 Å². The van der Waals surface area contributed by atoms with E-state index < -0.39 is 16.9 Å². The monoisotopic (exact) mass is 491 g/mol. The Kier molecular flexibility index (Phi) is 8.99. The molecule has 9 heteroatoms. The van der Waals surface area contributed by atoms with Crippen molar-refractivity contribution >= 4 is 17.5 Å². The molecule has 2 amide bonds. The number of rotatable bonds is 11. The topological polar surface area (TPSA) is 111 Å². The molecule has 0 radical (unpaired) electrons. The SMILES string of the molecule is CNC(=O)[C@H](Cc1ccccc1)N(Cc1ccc(C)cc1)C(=O)COc1ccc([N+](=O)[O-])c(OC)c1. The van der Waals surface area contributed by atoms with E-state index in [0.29, 0.717) is 6.42 Å². The van der Waals surface area contributed by atoms with E-state index in [1.165, 1.54) is 37.3 Å². The number of nitro benzene ring substituents is 1. The van der Waals surface area contributed by atoms with Crippen LogP contribution < -0.4 is 14.8 Å². The van der Waals surface area contributed by atoms with Crippen molar-refractivity contribution in [3.05, 3.63) is 99.6 Å². The summed E-state index contributed by atoms with van der Waals surface area (Å²) in [7, 11) is 2.85. The number of amides is 2. The highest BCUT2D eigenvalue weighted by atomic mass is 16.6. The van der Waals surface area contributed by atoms with Crippen molar-refractivity contribution < 1.29 is 24.0 Å². The van der Waals surface area contributed by atoms with Gasteiger partial charge in [0.15, 0.2) is 6.61 Å². The standard InChI is InChI=1S/C27H29N3O6/c1-19-9-11-21(12-10-19)17-29(24(27(32)28-2)15-20-7-5-4-6-8-20)26(31)18-36-22-13-14-23(30(33)34)25(16-22)35-3/h4-14,16,24H,15,17-18H2,1-3H3,(H,28,32)/t24-/m0/s1. The Morgan fingerprint density at radius 3 is 2.33 bits per heavy atom. The average Bonchev–Trinajstić information content (AvgIpc) is 2.90. The summed E-state index contributed by atoms with van der Waals surface area (Å²) in [6.07, 6.45) is 0.323. The number of aryl methyl sites for hydroxylation is 1. The molecule has 0 bridgehead atoms. The number of likely N-dealkylation sites (N-methyl/N-ethyl adjacent to an activating group) is 1. The smallest absolute Gasteiger partial charge is 0.311 e. The van der Waals surface area contributed by atoms with Gasteiger partial charge in [0.1, 0.15) is 11.8 Å². The molecule has 0 aliphatic heterocycles. The average molecular weight is 492 g/mol. The van der Waals surface area contributed by atoms with E-state index in [4.69, 9.17) is 9.47 Å². The zero-order valence-electron chi connectivity index (χ0n) is 20.5. The van der Waals surface area contributed by atoms with E-state index in [-0.39, 0.29) is 36.2 Å². The van der Waals surface area contributed by atoms with Crippen LogP contribution in [0.2, 0.25) is 0 Å². The number of methoxy groups -OCH3 is 1. The van der Waals surface area contributed by atoms with Crippen molar-refractivity contribution in [2.24, 2.45) is 0 Å². The number of hydrogen-bond donors (Lipinski definition) is 1. The lowest BCUT2D eigenvalue weighted by molar-refractivity contribution is -0.385. The first-order valence-corrected chi connectivity index (χ1v) is 11.4. The molecule has 9 nitrogen and oxygen atoms in total. The van der Waals surface area contributed by atoms with E-state index in [2.05, 4.69) is 5.32 Å². The molecule has 1 atom stereocenters. The van der Waals surface area contributed by atoms with E-state index in [0.717, 1.165) is 16.7 Å². The van der Waals surface area contributed by atoms with E-state index in [9.17, 15) is 19.7 Å². The maximum absolute atomic E-state index is 13.5. The molecular weight excluding hydrogens is 462 g/mol. The first-order valence-electron chi connectivity index (χ1n) is 11.4. The van der Waals surface area contributed by atoms with Crippen LogP contribution in [-0.4, -0.2) is 48.4 Å². The van der Waals surface area contributed by atoms with E-state index in [1.54, 1.807) is 0 Å². The summed E-state index contributed by atoms with van der Waals surface area (Å²) in [6, 6.07) is 20.4. The van der Waals surface area contributed by atoms with Gasteiger partial charge in [-0.25, -0.2) is 0 Å². The van der Waals surface area contributed by atoms with Crippen LogP contribution in [-0.2, 0) is 22.6 Å². The number of carbonyl (C=O) groups is 2. The maximum atomic E-state index is 13.5. The molecule has 0 aliphatic rings. The van der Waals surface area contributed by atoms with Crippen molar-refractivity contribution in [2.75, 3.05) is 20.8 Å². The van der Waals surface area contributed by atoms with Gasteiger partial charge >= 0.3 is 5.69 Å². The lowest BCUT2D eigenvalue weighted by Gasteiger charge is -2.31. The van der Waals surface area contributed by atoms with Gasteiger partial charge < -0.3 is 19.7 Å². The third-order valence-corrected chi connectivity index (χ3v) is 5.70. The number of benzene rings is 3. The van der Waals surface area contributed by atoms with Crippen molar-refractivity contribution in [3.8, 4) is 11.5 Å². The zero-order chi connectivity index (χ0) is 26.1. The summed E-state index contributed by atoms with van der Waals surface area (Å²) in [5.41, 5.74) is 2.65. The highest BCUT2D eigenvalue weighted by Crippen LogP contribution is 2.30. The second kappa shape index (κ2) is 12.3. The van der Waals surface area contributed by atoms with Gasteiger partial charge in [-0.1, -0.05) is 60.2 Å². The van der Waals surface area contributed by atoms with Crippen molar-refractivity contribution in [2.45, 2.75) is 25.9 Å². The predicted octanol–water partition coefficient (Wildman–Crippen LogP) is 3.68. The van der Waals surface area contributed by atoms with Crippen LogP contribution >= 0.6 is 0 Å². The third kappa shape index (κ3) is 6.82. The molecule has 1 N–H and O–H groups in total. The summed E-state index contributed by atoms with van der Waals surface area (Å²) in [5, 5.41) is 13.8. The molecule has 0 aromatic heterocycles. The zero-order valence-corrected chi connectivity index (χ0v) is 20.5. The van der Waals surface area contributed by atoms with Gasteiger partial charge in [0, 0.05) is 32.1 Å². The lowest BCUT2D eigenvalue weighted by Crippen LogP contribution is -2.51. The van der Waals surface area contributed by atoms with E-state index in [1.807, 2.05) is 61.5 Å². The maximum Gasteiger partial charge on any atom is 0.311 e. The van der Waals surface area contributed by atoms with E-state index >= 15 is 0 Å². The van der Waals surface area contributed by atoms with Crippen LogP contribution in [0.25, 0.3) is 0 Å². The Morgan fingerprint density at radius 1 is 1.03 bits per heavy atom. The molecule has 0 saturated heterocycles. The second-order valence-corrected chi connectivity index (χ2v) is 8.21. The number of hydrogen-bond acceptors (Lipinski definition) is 6. The van der Waals surface area contributed by atoms with Crippen LogP contribution in [0.4, 0.5) is 5.69 Å². The molecule has 0 unspecified atom stereocenters. The summed E-state index contributed by atoms with van der Waals surface area (Å²) < 4.78 is 10.7. The second-order valence-electron chi connectivity index (χ2n) is 8.21. The summed E-state index contributed by atoms with van der Waals surface area (Å²) in [6.45, 7) is 1.81.